The molecule has 1 heterocycles. The number of rotatable bonds is 5. The Bertz CT molecular complexity index is 578. The van der Waals surface area contributed by atoms with Gasteiger partial charge in [0.15, 0.2) is 6.29 Å². The number of aldehydes is 1. The van der Waals surface area contributed by atoms with Crippen LogP contribution in [0.4, 0.5) is 5.69 Å². The first-order valence-corrected chi connectivity index (χ1v) is 7.63. The molecule has 0 amide bonds. The van der Waals surface area contributed by atoms with E-state index >= 15 is 0 Å². The Morgan fingerprint density at radius 3 is 2.84 bits per heavy atom. The number of hydrogen-bond acceptors (Lipinski definition) is 3. The molecule has 0 unspecified atom stereocenters. The lowest BCUT2D eigenvalue weighted by atomic mass is 10.1. The molecule has 0 N–H and O–H groups in total. The first-order chi connectivity index (χ1) is 9.29. The van der Waals surface area contributed by atoms with E-state index in [9.17, 15) is 4.79 Å². The molecule has 0 saturated heterocycles. The molecule has 0 radical (unpaired) electrons. The summed E-state index contributed by atoms with van der Waals surface area (Å²) in [7, 11) is 0. The van der Waals surface area contributed by atoms with E-state index in [4.69, 9.17) is 11.6 Å². The Balaban J connectivity index is 1.98. The maximum atomic E-state index is 11.2. The fourth-order valence-corrected chi connectivity index (χ4v) is 3.24. The predicted molar refractivity (Wildman–Crippen MR) is 80.4 cm³/mol. The Labute approximate surface area is 121 Å². The van der Waals surface area contributed by atoms with E-state index in [1.165, 1.54) is 18.4 Å². The van der Waals surface area contributed by atoms with Gasteiger partial charge in [0, 0.05) is 18.2 Å². The molecular weight excluding hydrogens is 278 g/mol. The minimum absolute atomic E-state index is 0.512. The zero-order chi connectivity index (χ0) is 13.2. The number of carbonyl (C=O) groups excluding carboxylic acids is 1. The van der Waals surface area contributed by atoms with Gasteiger partial charge in [-0.15, -0.1) is 0 Å². The van der Waals surface area contributed by atoms with E-state index in [2.05, 4.69) is 21.7 Å². The highest BCUT2D eigenvalue weighted by Gasteiger charge is 2.31. The highest BCUT2D eigenvalue weighted by molar-refractivity contribution is 7.07. The Morgan fingerprint density at radius 2 is 2.21 bits per heavy atom. The summed E-state index contributed by atoms with van der Waals surface area (Å²) in [6.07, 6.45) is 3.24. The topological polar surface area (TPSA) is 20.3 Å². The molecule has 98 valence electrons. The third kappa shape index (κ3) is 2.67. The van der Waals surface area contributed by atoms with Crippen LogP contribution in [0.1, 0.15) is 28.8 Å². The molecule has 0 bridgehead atoms. The summed E-state index contributed by atoms with van der Waals surface area (Å²) >= 11 is 8.01. The number of halogens is 1. The SMILES string of the molecule is O=Cc1cccc(Cl)c1N(Cc1ccsc1)C1CC1. The normalized spacial score (nSPS) is 14.4. The van der Waals surface area contributed by atoms with Gasteiger partial charge >= 0.3 is 0 Å². The molecule has 2 nitrogen and oxygen atoms in total. The molecule has 19 heavy (non-hydrogen) atoms. The van der Waals surface area contributed by atoms with Crippen molar-refractivity contribution in [1.29, 1.82) is 0 Å². The second-order valence-electron chi connectivity index (χ2n) is 4.79. The van der Waals surface area contributed by atoms with Crippen molar-refractivity contribution in [2.45, 2.75) is 25.4 Å². The van der Waals surface area contributed by atoms with Gasteiger partial charge in [-0.1, -0.05) is 17.7 Å². The molecule has 4 heteroatoms. The van der Waals surface area contributed by atoms with Crippen LogP contribution in [0.15, 0.2) is 35.0 Å². The summed E-state index contributed by atoms with van der Waals surface area (Å²) in [4.78, 5) is 13.5. The van der Waals surface area contributed by atoms with E-state index < -0.39 is 0 Å². The van der Waals surface area contributed by atoms with Crippen LogP contribution in [0.3, 0.4) is 0 Å². The minimum Gasteiger partial charge on any atom is -0.362 e. The lowest BCUT2D eigenvalue weighted by molar-refractivity contribution is 0.112. The average molecular weight is 292 g/mol. The Morgan fingerprint density at radius 1 is 1.37 bits per heavy atom. The van der Waals surface area contributed by atoms with Gasteiger partial charge < -0.3 is 4.90 Å². The van der Waals surface area contributed by atoms with Crippen LogP contribution in [0.25, 0.3) is 0 Å². The van der Waals surface area contributed by atoms with E-state index in [1.54, 1.807) is 11.3 Å². The first kappa shape index (κ1) is 12.7. The van der Waals surface area contributed by atoms with Crippen LogP contribution in [0.5, 0.6) is 0 Å². The van der Waals surface area contributed by atoms with Gasteiger partial charge in [0.2, 0.25) is 0 Å². The number of thiophene rings is 1. The lowest BCUT2D eigenvalue weighted by Crippen LogP contribution is -2.26. The molecule has 1 aromatic heterocycles. The summed E-state index contributed by atoms with van der Waals surface area (Å²) in [5.41, 5.74) is 2.83. The lowest BCUT2D eigenvalue weighted by Gasteiger charge is -2.26. The average Bonchev–Trinajstić information content (AvgIpc) is 3.14. The van der Waals surface area contributed by atoms with Crippen LogP contribution in [0, 0.1) is 0 Å². The summed E-state index contributed by atoms with van der Waals surface area (Å²) in [6, 6.07) is 8.14. The molecule has 1 aliphatic rings. The number of nitrogens with zero attached hydrogens (tertiary/aromatic N) is 1. The molecule has 3 rings (SSSR count). The molecule has 0 atom stereocenters. The number of anilines is 1. The van der Waals surface area contributed by atoms with Crippen molar-refractivity contribution in [3.05, 3.63) is 51.2 Å². The van der Waals surface area contributed by atoms with Crippen molar-refractivity contribution >= 4 is 34.9 Å². The first-order valence-electron chi connectivity index (χ1n) is 6.31. The predicted octanol–water partition coefficient (Wildman–Crippen LogP) is 4.38. The number of carbonyl (C=O) groups is 1. The molecule has 0 spiro atoms. The molecule has 1 aromatic carbocycles. The molecule has 0 aliphatic heterocycles. The van der Waals surface area contributed by atoms with Crippen molar-refractivity contribution in [2.24, 2.45) is 0 Å². The summed E-state index contributed by atoms with van der Waals surface area (Å²) < 4.78 is 0. The van der Waals surface area contributed by atoms with E-state index in [1.807, 2.05) is 18.2 Å². The highest BCUT2D eigenvalue weighted by Crippen LogP contribution is 2.38. The molecule has 1 fully saturated rings. The van der Waals surface area contributed by atoms with Crippen LogP contribution < -0.4 is 4.90 Å². The van der Waals surface area contributed by atoms with Crippen LogP contribution in [0.2, 0.25) is 5.02 Å². The van der Waals surface area contributed by atoms with Gasteiger partial charge in [0.1, 0.15) is 0 Å². The Hall–Kier alpha value is -1.32. The van der Waals surface area contributed by atoms with Crippen molar-refractivity contribution in [2.75, 3.05) is 4.90 Å². The summed E-state index contributed by atoms with van der Waals surface area (Å²) in [5.74, 6) is 0. The second kappa shape index (κ2) is 5.35. The fraction of sp³-hybridized carbons (Fsp3) is 0.267. The van der Waals surface area contributed by atoms with Gasteiger partial charge in [-0.3, -0.25) is 4.79 Å². The maximum Gasteiger partial charge on any atom is 0.152 e. The maximum absolute atomic E-state index is 11.2. The number of hydrogen-bond donors (Lipinski definition) is 0. The monoisotopic (exact) mass is 291 g/mol. The third-order valence-corrected chi connectivity index (χ3v) is 4.39. The highest BCUT2D eigenvalue weighted by atomic mass is 35.5. The number of benzene rings is 1. The van der Waals surface area contributed by atoms with E-state index in [0.717, 1.165) is 18.5 Å². The van der Waals surface area contributed by atoms with Gasteiger partial charge in [0.25, 0.3) is 0 Å². The largest absolute Gasteiger partial charge is 0.362 e. The third-order valence-electron chi connectivity index (χ3n) is 3.35. The molecular formula is C15H14ClNOS. The second-order valence-corrected chi connectivity index (χ2v) is 5.97. The van der Waals surface area contributed by atoms with Crippen molar-refractivity contribution in [3.8, 4) is 0 Å². The van der Waals surface area contributed by atoms with E-state index in [-0.39, 0.29) is 0 Å². The zero-order valence-corrected chi connectivity index (χ0v) is 12.0. The molecule has 1 saturated carbocycles. The summed E-state index contributed by atoms with van der Waals surface area (Å²) in [5, 5.41) is 4.88. The van der Waals surface area contributed by atoms with Crippen LogP contribution >= 0.6 is 22.9 Å². The minimum atomic E-state index is 0.512. The zero-order valence-electron chi connectivity index (χ0n) is 10.4. The van der Waals surface area contributed by atoms with Crippen LogP contribution in [-0.2, 0) is 6.54 Å². The van der Waals surface area contributed by atoms with Crippen LogP contribution in [-0.4, -0.2) is 12.3 Å². The van der Waals surface area contributed by atoms with Crippen molar-refractivity contribution < 1.29 is 4.79 Å². The standard InChI is InChI=1S/C15H14ClNOS/c16-14-3-1-2-12(9-18)15(14)17(13-4-5-13)8-11-6-7-19-10-11/h1-3,6-7,9-10,13H,4-5,8H2. The fourth-order valence-electron chi connectivity index (χ4n) is 2.29. The van der Waals surface area contributed by atoms with E-state index in [0.29, 0.717) is 16.6 Å². The van der Waals surface area contributed by atoms with Gasteiger partial charge in [-0.2, -0.15) is 11.3 Å². The smallest absolute Gasteiger partial charge is 0.152 e. The molecule has 2 aromatic rings. The van der Waals surface area contributed by atoms with Gasteiger partial charge in [-0.25, -0.2) is 0 Å². The summed E-state index contributed by atoms with van der Waals surface area (Å²) in [6.45, 7) is 0.818. The van der Waals surface area contributed by atoms with Gasteiger partial charge in [0.05, 0.1) is 10.7 Å². The van der Waals surface area contributed by atoms with Crippen molar-refractivity contribution in [1.82, 2.24) is 0 Å². The van der Waals surface area contributed by atoms with Gasteiger partial charge in [-0.05, 0) is 47.4 Å². The number of para-hydroxylation sites is 1. The molecule has 1 aliphatic carbocycles. The quantitative estimate of drug-likeness (QED) is 0.762. The Kier molecular flexibility index (Phi) is 3.58. The van der Waals surface area contributed by atoms with Crippen molar-refractivity contribution in [3.63, 3.8) is 0 Å².